The molecular weight excluding hydrogens is 255 g/mol. The highest BCUT2D eigenvalue weighted by Crippen LogP contribution is 2.09. The molecule has 0 fully saturated rings. The Balaban J connectivity index is 2.63. The smallest absolute Gasteiger partial charge is 0.255 e. The number of carbonyl (C=O) groups excluding carboxylic acids is 1. The second kappa shape index (κ2) is 9.45. The Bertz CT molecular complexity index is 382. The van der Waals surface area contributed by atoms with Crippen LogP contribution < -0.4 is 0 Å². The van der Waals surface area contributed by atoms with Gasteiger partial charge >= 0.3 is 0 Å². The van der Waals surface area contributed by atoms with Crippen LogP contribution in [0.25, 0.3) is 0 Å². The van der Waals surface area contributed by atoms with E-state index in [9.17, 15) is 9.18 Å². The van der Waals surface area contributed by atoms with Gasteiger partial charge in [0.05, 0.1) is 5.56 Å². The maximum absolute atomic E-state index is 12.8. The van der Waals surface area contributed by atoms with Crippen LogP contribution in [-0.2, 0) is 0 Å². The van der Waals surface area contributed by atoms with E-state index in [-0.39, 0.29) is 5.91 Å². The molecule has 0 N–H and O–H groups in total. The largest absolute Gasteiger partial charge is 0.339 e. The number of amides is 1. The number of hydrogen-bond donors (Lipinski definition) is 0. The van der Waals surface area contributed by atoms with Gasteiger partial charge in [-0.15, -0.1) is 0 Å². The fraction of sp³-hybridized carbons (Fsp3) is 0.625. The third kappa shape index (κ3) is 5.68. The summed E-state index contributed by atoms with van der Waals surface area (Å²) < 4.78 is 12.8. The first kappa shape index (κ1) is 16.6. The van der Waals surface area contributed by atoms with Crippen molar-refractivity contribution in [1.82, 2.24) is 9.88 Å². The lowest BCUT2D eigenvalue weighted by Gasteiger charge is -2.22. The first-order chi connectivity index (χ1) is 9.69. The quantitative estimate of drug-likeness (QED) is 0.505. The maximum atomic E-state index is 12.8. The van der Waals surface area contributed by atoms with Crippen molar-refractivity contribution in [3.05, 3.63) is 29.8 Å². The number of nitrogens with zero attached hydrogens (tertiary/aromatic N) is 2. The van der Waals surface area contributed by atoms with E-state index in [1.54, 1.807) is 0 Å². The summed E-state index contributed by atoms with van der Waals surface area (Å²) >= 11 is 0. The SMILES string of the molecule is CCCCCN(CCCCC)C(=O)c1ccc(F)nc1. The molecule has 112 valence electrons. The van der Waals surface area contributed by atoms with E-state index in [1.165, 1.54) is 18.3 Å². The summed E-state index contributed by atoms with van der Waals surface area (Å²) in [7, 11) is 0. The molecule has 0 bridgehead atoms. The minimum absolute atomic E-state index is 0.0373. The molecule has 0 aliphatic rings. The van der Waals surface area contributed by atoms with Crippen LogP contribution in [0, 0.1) is 5.95 Å². The van der Waals surface area contributed by atoms with Crippen LogP contribution in [0.1, 0.15) is 62.7 Å². The predicted molar refractivity (Wildman–Crippen MR) is 79.1 cm³/mol. The van der Waals surface area contributed by atoms with Gasteiger partial charge < -0.3 is 4.90 Å². The summed E-state index contributed by atoms with van der Waals surface area (Å²) in [6.45, 7) is 5.84. The molecule has 1 rings (SSSR count). The lowest BCUT2D eigenvalue weighted by atomic mass is 10.2. The molecule has 1 amide bonds. The van der Waals surface area contributed by atoms with Crippen molar-refractivity contribution in [3.63, 3.8) is 0 Å². The summed E-state index contributed by atoms with van der Waals surface area (Å²) in [5.41, 5.74) is 0.472. The third-order valence-corrected chi connectivity index (χ3v) is 3.32. The van der Waals surface area contributed by atoms with Crippen molar-refractivity contribution >= 4 is 5.91 Å². The van der Waals surface area contributed by atoms with Crippen LogP contribution in [0.15, 0.2) is 18.3 Å². The molecule has 1 aromatic rings. The van der Waals surface area contributed by atoms with Gasteiger partial charge in [0.15, 0.2) is 0 Å². The Kier molecular flexibility index (Phi) is 7.85. The fourth-order valence-corrected chi connectivity index (χ4v) is 2.11. The Morgan fingerprint density at radius 2 is 1.70 bits per heavy atom. The molecule has 0 spiro atoms. The average molecular weight is 280 g/mol. The zero-order valence-electron chi connectivity index (χ0n) is 12.6. The molecule has 0 atom stereocenters. The van der Waals surface area contributed by atoms with E-state index >= 15 is 0 Å². The molecule has 0 saturated heterocycles. The molecule has 3 nitrogen and oxygen atoms in total. The molecule has 0 aromatic carbocycles. The molecule has 0 aliphatic heterocycles. The van der Waals surface area contributed by atoms with E-state index in [2.05, 4.69) is 18.8 Å². The van der Waals surface area contributed by atoms with Gasteiger partial charge in [-0.1, -0.05) is 39.5 Å². The Labute approximate surface area is 121 Å². The van der Waals surface area contributed by atoms with Gasteiger partial charge in [-0.2, -0.15) is 4.39 Å². The molecule has 20 heavy (non-hydrogen) atoms. The van der Waals surface area contributed by atoms with Crippen molar-refractivity contribution in [3.8, 4) is 0 Å². The monoisotopic (exact) mass is 280 g/mol. The van der Waals surface area contributed by atoms with Crippen LogP contribution in [0.2, 0.25) is 0 Å². The Hall–Kier alpha value is -1.45. The van der Waals surface area contributed by atoms with Crippen molar-refractivity contribution in [2.45, 2.75) is 52.4 Å². The van der Waals surface area contributed by atoms with E-state index in [0.717, 1.165) is 51.6 Å². The van der Waals surface area contributed by atoms with Crippen molar-refractivity contribution in [1.29, 1.82) is 0 Å². The van der Waals surface area contributed by atoms with Crippen molar-refractivity contribution < 1.29 is 9.18 Å². The van der Waals surface area contributed by atoms with Crippen LogP contribution in [0.3, 0.4) is 0 Å². The van der Waals surface area contributed by atoms with E-state index in [1.807, 2.05) is 4.90 Å². The number of hydrogen-bond acceptors (Lipinski definition) is 2. The van der Waals surface area contributed by atoms with Gasteiger partial charge in [0.25, 0.3) is 5.91 Å². The highest BCUT2D eigenvalue weighted by atomic mass is 19.1. The molecule has 0 aliphatic carbocycles. The predicted octanol–water partition coefficient (Wildman–Crippen LogP) is 4.04. The lowest BCUT2D eigenvalue weighted by Crippen LogP contribution is -2.33. The maximum Gasteiger partial charge on any atom is 0.255 e. The third-order valence-electron chi connectivity index (χ3n) is 3.32. The van der Waals surface area contributed by atoms with Crippen LogP contribution in [0.5, 0.6) is 0 Å². The standard InChI is InChI=1S/C16H25FN2O/c1-3-5-7-11-19(12-8-6-4-2)16(20)14-9-10-15(17)18-13-14/h9-10,13H,3-8,11-12H2,1-2H3. The van der Waals surface area contributed by atoms with E-state index in [4.69, 9.17) is 0 Å². The highest BCUT2D eigenvalue weighted by molar-refractivity contribution is 5.93. The number of unbranched alkanes of at least 4 members (excludes halogenated alkanes) is 4. The number of aromatic nitrogens is 1. The number of halogens is 1. The van der Waals surface area contributed by atoms with Gasteiger partial charge in [-0.05, 0) is 25.0 Å². The van der Waals surface area contributed by atoms with Crippen LogP contribution in [-0.4, -0.2) is 28.9 Å². The van der Waals surface area contributed by atoms with Crippen LogP contribution >= 0.6 is 0 Å². The number of carbonyl (C=O) groups is 1. The summed E-state index contributed by atoms with van der Waals surface area (Å²) in [5.74, 6) is -0.588. The first-order valence-corrected chi connectivity index (χ1v) is 7.59. The molecule has 4 heteroatoms. The summed E-state index contributed by atoms with van der Waals surface area (Å²) in [5, 5.41) is 0. The summed E-state index contributed by atoms with van der Waals surface area (Å²) in [4.78, 5) is 17.8. The van der Waals surface area contributed by atoms with Crippen LogP contribution in [0.4, 0.5) is 4.39 Å². The second-order valence-corrected chi connectivity index (χ2v) is 5.08. The average Bonchev–Trinajstić information content (AvgIpc) is 2.46. The Morgan fingerprint density at radius 1 is 1.10 bits per heavy atom. The first-order valence-electron chi connectivity index (χ1n) is 7.59. The lowest BCUT2D eigenvalue weighted by molar-refractivity contribution is 0.0749. The zero-order chi connectivity index (χ0) is 14.8. The highest BCUT2D eigenvalue weighted by Gasteiger charge is 2.15. The molecule has 0 unspecified atom stereocenters. The number of rotatable bonds is 9. The van der Waals surface area contributed by atoms with E-state index in [0.29, 0.717) is 5.56 Å². The topological polar surface area (TPSA) is 33.2 Å². The summed E-state index contributed by atoms with van der Waals surface area (Å²) in [6.07, 6.45) is 7.87. The number of pyridine rings is 1. The molecular formula is C16H25FN2O. The molecule has 0 radical (unpaired) electrons. The minimum Gasteiger partial charge on any atom is -0.339 e. The minimum atomic E-state index is -0.551. The van der Waals surface area contributed by atoms with Crippen molar-refractivity contribution in [2.24, 2.45) is 0 Å². The van der Waals surface area contributed by atoms with Gasteiger partial charge in [-0.3, -0.25) is 4.79 Å². The molecule has 0 saturated carbocycles. The van der Waals surface area contributed by atoms with Gasteiger partial charge in [0.2, 0.25) is 5.95 Å². The second-order valence-electron chi connectivity index (χ2n) is 5.08. The van der Waals surface area contributed by atoms with Crippen molar-refractivity contribution in [2.75, 3.05) is 13.1 Å². The Morgan fingerprint density at radius 3 is 2.15 bits per heavy atom. The van der Waals surface area contributed by atoms with E-state index < -0.39 is 5.95 Å². The van der Waals surface area contributed by atoms with Gasteiger partial charge in [0, 0.05) is 19.3 Å². The van der Waals surface area contributed by atoms with Gasteiger partial charge in [0.1, 0.15) is 0 Å². The normalized spacial score (nSPS) is 10.6. The fourth-order valence-electron chi connectivity index (χ4n) is 2.11. The molecule has 1 heterocycles. The zero-order valence-corrected chi connectivity index (χ0v) is 12.6. The summed E-state index contributed by atoms with van der Waals surface area (Å²) in [6, 6.07) is 2.75. The molecule has 1 aromatic heterocycles. The van der Waals surface area contributed by atoms with Gasteiger partial charge in [-0.25, -0.2) is 4.98 Å².